The first-order chi connectivity index (χ1) is 7.52. The topological polar surface area (TPSA) is 83.5 Å². The van der Waals surface area contributed by atoms with Crippen molar-refractivity contribution in [1.29, 1.82) is 0 Å². The Morgan fingerprint density at radius 1 is 1.38 bits per heavy atom. The van der Waals surface area contributed by atoms with Crippen LogP contribution in [-0.4, -0.2) is 28.3 Å². The number of aliphatic hydroxyl groups excluding tert-OH is 1. The van der Waals surface area contributed by atoms with E-state index in [-0.39, 0.29) is 0 Å². The van der Waals surface area contributed by atoms with Crippen molar-refractivity contribution in [3.63, 3.8) is 0 Å². The van der Waals surface area contributed by atoms with Crippen molar-refractivity contribution in [1.82, 2.24) is 0 Å². The third-order valence-corrected chi connectivity index (χ3v) is 2.68. The Bertz CT molecular complexity index is 337. The highest BCUT2D eigenvalue weighted by atomic mass is 16.4. The van der Waals surface area contributed by atoms with Crippen molar-refractivity contribution in [3.05, 3.63) is 35.9 Å². The molecule has 16 heavy (non-hydrogen) atoms. The molecule has 4 nitrogen and oxygen atoms in total. The number of rotatable bonds is 5. The summed E-state index contributed by atoms with van der Waals surface area (Å²) < 4.78 is 0. The Balaban J connectivity index is 2.77. The maximum absolute atomic E-state index is 10.8. The number of benzene rings is 1. The Hall–Kier alpha value is -1.39. The van der Waals surface area contributed by atoms with Crippen LogP contribution < -0.4 is 5.73 Å². The summed E-state index contributed by atoms with van der Waals surface area (Å²) in [6, 6.07) is 8.38. The van der Waals surface area contributed by atoms with Gasteiger partial charge in [0.1, 0.15) is 6.04 Å². The van der Waals surface area contributed by atoms with Gasteiger partial charge in [0, 0.05) is 5.92 Å². The molecule has 0 aliphatic heterocycles. The van der Waals surface area contributed by atoms with Crippen LogP contribution in [0.25, 0.3) is 0 Å². The van der Waals surface area contributed by atoms with Gasteiger partial charge in [0.05, 0.1) is 6.10 Å². The van der Waals surface area contributed by atoms with Crippen molar-refractivity contribution in [2.45, 2.75) is 25.5 Å². The highest BCUT2D eigenvalue weighted by molar-refractivity contribution is 5.73. The number of carboxylic acid groups (broad SMARTS) is 1. The summed E-state index contributed by atoms with van der Waals surface area (Å²) >= 11 is 0. The van der Waals surface area contributed by atoms with Crippen LogP contribution in [-0.2, 0) is 11.2 Å². The first-order valence-corrected chi connectivity index (χ1v) is 5.22. The molecule has 0 saturated heterocycles. The molecule has 0 aromatic heterocycles. The van der Waals surface area contributed by atoms with Crippen LogP contribution in [0.15, 0.2) is 30.3 Å². The molecule has 4 N–H and O–H groups in total. The fourth-order valence-electron chi connectivity index (χ4n) is 1.67. The van der Waals surface area contributed by atoms with Crippen molar-refractivity contribution in [3.8, 4) is 0 Å². The quantitative estimate of drug-likeness (QED) is 0.684. The predicted octanol–water partition coefficient (Wildman–Crippen LogP) is 0.638. The summed E-state index contributed by atoms with van der Waals surface area (Å²) in [6.45, 7) is 1.57. The molecule has 4 heteroatoms. The first kappa shape index (κ1) is 12.7. The van der Waals surface area contributed by atoms with Gasteiger partial charge >= 0.3 is 5.97 Å². The second-order valence-electron chi connectivity index (χ2n) is 3.96. The van der Waals surface area contributed by atoms with Gasteiger partial charge in [0.25, 0.3) is 0 Å². The SMILES string of the molecule is C[C@H](O)[C@@H](Cc1ccccc1)[C@@H](N)C(=O)O. The van der Waals surface area contributed by atoms with Crippen molar-refractivity contribution >= 4 is 5.97 Å². The molecule has 0 radical (unpaired) electrons. The number of hydrogen-bond acceptors (Lipinski definition) is 3. The van der Waals surface area contributed by atoms with Crippen LogP contribution in [0.2, 0.25) is 0 Å². The molecule has 0 fully saturated rings. The van der Waals surface area contributed by atoms with E-state index in [4.69, 9.17) is 10.8 Å². The zero-order valence-corrected chi connectivity index (χ0v) is 9.21. The fourth-order valence-corrected chi connectivity index (χ4v) is 1.67. The third kappa shape index (κ3) is 3.32. The van der Waals surface area contributed by atoms with E-state index in [1.807, 2.05) is 30.3 Å². The minimum absolute atomic E-state index is 0.464. The summed E-state index contributed by atoms with van der Waals surface area (Å²) in [4.78, 5) is 10.8. The maximum Gasteiger partial charge on any atom is 0.320 e. The average molecular weight is 223 g/mol. The molecule has 0 amide bonds. The zero-order valence-electron chi connectivity index (χ0n) is 9.21. The largest absolute Gasteiger partial charge is 0.480 e. The minimum Gasteiger partial charge on any atom is -0.480 e. The van der Waals surface area contributed by atoms with E-state index < -0.39 is 24.0 Å². The van der Waals surface area contributed by atoms with Gasteiger partial charge in [-0.05, 0) is 18.9 Å². The second kappa shape index (κ2) is 5.63. The summed E-state index contributed by atoms with van der Waals surface area (Å²) in [5.41, 5.74) is 6.53. The molecule has 0 spiro atoms. The smallest absolute Gasteiger partial charge is 0.320 e. The first-order valence-electron chi connectivity index (χ1n) is 5.22. The van der Waals surface area contributed by atoms with E-state index >= 15 is 0 Å². The highest BCUT2D eigenvalue weighted by Crippen LogP contribution is 2.15. The molecule has 1 aromatic carbocycles. The van der Waals surface area contributed by atoms with Crippen LogP contribution in [0.5, 0.6) is 0 Å². The zero-order chi connectivity index (χ0) is 12.1. The Morgan fingerprint density at radius 2 is 1.94 bits per heavy atom. The van der Waals surface area contributed by atoms with E-state index in [0.29, 0.717) is 6.42 Å². The van der Waals surface area contributed by atoms with E-state index in [0.717, 1.165) is 5.56 Å². The van der Waals surface area contributed by atoms with Crippen molar-refractivity contribution in [2.24, 2.45) is 11.7 Å². The lowest BCUT2D eigenvalue weighted by molar-refractivity contribution is -0.141. The van der Waals surface area contributed by atoms with Crippen molar-refractivity contribution < 1.29 is 15.0 Å². The Labute approximate surface area is 94.7 Å². The molecule has 0 bridgehead atoms. The van der Waals surface area contributed by atoms with Crippen molar-refractivity contribution in [2.75, 3.05) is 0 Å². The monoisotopic (exact) mass is 223 g/mol. The molecule has 1 rings (SSSR count). The van der Waals surface area contributed by atoms with Gasteiger partial charge in [0.2, 0.25) is 0 Å². The Morgan fingerprint density at radius 3 is 2.38 bits per heavy atom. The summed E-state index contributed by atoms with van der Waals surface area (Å²) in [7, 11) is 0. The molecule has 0 aliphatic carbocycles. The normalized spacial score (nSPS) is 16.4. The molecule has 88 valence electrons. The van der Waals surface area contributed by atoms with Gasteiger partial charge in [-0.1, -0.05) is 30.3 Å². The minimum atomic E-state index is -1.08. The molecule has 0 unspecified atom stereocenters. The van der Waals surface area contributed by atoms with Crippen LogP contribution >= 0.6 is 0 Å². The molecule has 0 heterocycles. The number of carbonyl (C=O) groups is 1. The lowest BCUT2D eigenvalue weighted by atomic mass is 9.88. The van der Waals surface area contributed by atoms with Gasteiger partial charge in [-0.15, -0.1) is 0 Å². The number of aliphatic hydroxyl groups is 1. The number of hydrogen-bond donors (Lipinski definition) is 3. The van der Waals surface area contributed by atoms with Crippen LogP contribution in [0.1, 0.15) is 12.5 Å². The fraction of sp³-hybridized carbons (Fsp3) is 0.417. The summed E-state index contributed by atoms with van der Waals surface area (Å²) in [5, 5.41) is 18.4. The molecular formula is C12H17NO3. The molecule has 3 atom stereocenters. The Kier molecular flexibility index (Phi) is 4.46. The summed E-state index contributed by atoms with van der Waals surface area (Å²) in [5.74, 6) is -1.55. The van der Waals surface area contributed by atoms with Gasteiger partial charge in [-0.25, -0.2) is 0 Å². The molecule has 0 aliphatic rings. The van der Waals surface area contributed by atoms with E-state index in [1.165, 1.54) is 0 Å². The van der Waals surface area contributed by atoms with Gasteiger partial charge in [0.15, 0.2) is 0 Å². The van der Waals surface area contributed by atoms with Crippen LogP contribution in [0.4, 0.5) is 0 Å². The van der Waals surface area contributed by atoms with Crippen LogP contribution in [0, 0.1) is 5.92 Å². The molecule has 0 saturated carbocycles. The summed E-state index contributed by atoms with van der Waals surface area (Å²) in [6.07, 6.45) is -0.280. The standard InChI is InChI=1S/C12H17NO3/c1-8(14)10(11(13)12(15)16)7-9-5-3-2-4-6-9/h2-6,8,10-11,14H,7,13H2,1H3,(H,15,16)/t8-,10+,11+/m0/s1. The van der Waals surface area contributed by atoms with Crippen LogP contribution in [0.3, 0.4) is 0 Å². The van der Waals surface area contributed by atoms with Gasteiger partial charge < -0.3 is 15.9 Å². The van der Waals surface area contributed by atoms with Gasteiger partial charge in [-0.3, -0.25) is 4.79 Å². The number of aliphatic carboxylic acids is 1. The average Bonchev–Trinajstić information content (AvgIpc) is 2.26. The molecule has 1 aromatic rings. The van der Waals surface area contributed by atoms with Gasteiger partial charge in [-0.2, -0.15) is 0 Å². The third-order valence-electron chi connectivity index (χ3n) is 2.68. The molecular weight excluding hydrogens is 206 g/mol. The maximum atomic E-state index is 10.8. The van der Waals surface area contributed by atoms with E-state index in [1.54, 1.807) is 6.92 Å². The highest BCUT2D eigenvalue weighted by Gasteiger charge is 2.28. The van der Waals surface area contributed by atoms with E-state index in [9.17, 15) is 9.90 Å². The lowest BCUT2D eigenvalue weighted by Crippen LogP contribution is -2.44. The predicted molar refractivity (Wildman–Crippen MR) is 60.9 cm³/mol. The second-order valence-corrected chi connectivity index (χ2v) is 3.96. The number of carboxylic acids is 1. The van der Waals surface area contributed by atoms with E-state index in [2.05, 4.69) is 0 Å². The number of nitrogens with two attached hydrogens (primary N) is 1. The lowest BCUT2D eigenvalue weighted by Gasteiger charge is -2.23.